The molecule has 0 fully saturated rings. The van der Waals surface area contributed by atoms with Gasteiger partial charge in [-0.1, -0.05) is 11.6 Å². The molecule has 0 saturated carbocycles. The third-order valence-corrected chi connectivity index (χ3v) is 3.45. The molecule has 0 unspecified atom stereocenters. The van der Waals surface area contributed by atoms with Crippen molar-refractivity contribution in [1.29, 1.82) is 0 Å². The van der Waals surface area contributed by atoms with Crippen molar-refractivity contribution in [3.8, 4) is 0 Å². The predicted molar refractivity (Wildman–Crippen MR) is 91.1 cm³/mol. The molecular weight excluding hydrogens is 335 g/mol. The van der Waals surface area contributed by atoms with Crippen LogP contribution in [0.5, 0.6) is 0 Å². The van der Waals surface area contributed by atoms with Crippen molar-refractivity contribution >= 4 is 34.9 Å². The smallest absolute Gasteiger partial charge is 0.338 e. The summed E-state index contributed by atoms with van der Waals surface area (Å²) in [4.78, 5) is 25.5. The number of benzene rings is 2. The van der Waals surface area contributed by atoms with Gasteiger partial charge in [-0.25, -0.2) is 9.18 Å². The Hall–Kier alpha value is -2.60. The SMILES string of the molecule is CN(C)c1ccc(NC(=O)COC(=O)c2ccc(F)c(Cl)c2)cc1. The maximum Gasteiger partial charge on any atom is 0.338 e. The highest BCUT2D eigenvalue weighted by atomic mass is 35.5. The Bertz CT molecular complexity index is 748. The molecule has 2 aromatic rings. The number of ether oxygens (including phenoxy) is 1. The van der Waals surface area contributed by atoms with Crippen molar-refractivity contribution in [2.24, 2.45) is 0 Å². The fourth-order valence-electron chi connectivity index (χ4n) is 1.88. The molecular formula is C17H16ClFN2O3. The zero-order valence-corrected chi connectivity index (χ0v) is 13.9. The van der Waals surface area contributed by atoms with Crippen molar-refractivity contribution < 1.29 is 18.7 Å². The number of hydrogen-bond donors (Lipinski definition) is 1. The molecule has 0 aliphatic carbocycles. The highest BCUT2D eigenvalue weighted by Crippen LogP contribution is 2.17. The number of carbonyl (C=O) groups excluding carboxylic acids is 2. The predicted octanol–water partition coefficient (Wildman–Crippen LogP) is 3.34. The van der Waals surface area contributed by atoms with Gasteiger partial charge in [0.2, 0.25) is 0 Å². The first-order valence-corrected chi connectivity index (χ1v) is 7.44. The Morgan fingerprint density at radius 2 is 1.83 bits per heavy atom. The van der Waals surface area contributed by atoms with Crippen LogP contribution in [0.3, 0.4) is 0 Å². The van der Waals surface area contributed by atoms with Gasteiger partial charge in [-0.05, 0) is 42.5 Å². The first-order chi connectivity index (χ1) is 11.4. The van der Waals surface area contributed by atoms with E-state index in [-0.39, 0.29) is 10.6 Å². The van der Waals surface area contributed by atoms with Crippen molar-refractivity contribution in [3.05, 3.63) is 58.9 Å². The minimum atomic E-state index is -0.755. The van der Waals surface area contributed by atoms with Crippen LogP contribution in [0.4, 0.5) is 15.8 Å². The molecule has 0 aromatic heterocycles. The fraction of sp³-hybridized carbons (Fsp3) is 0.176. The van der Waals surface area contributed by atoms with Gasteiger partial charge in [-0.2, -0.15) is 0 Å². The highest BCUT2D eigenvalue weighted by molar-refractivity contribution is 6.31. The van der Waals surface area contributed by atoms with Gasteiger partial charge in [-0.15, -0.1) is 0 Å². The maximum absolute atomic E-state index is 13.0. The second-order valence-corrected chi connectivity index (χ2v) is 5.60. The summed E-state index contributed by atoms with van der Waals surface area (Å²) in [6.07, 6.45) is 0. The maximum atomic E-state index is 13.0. The summed E-state index contributed by atoms with van der Waals surface area (Å²) in [7, 11) is 3.82. The van der Waals surface area contributed by atoms with Crippen molar-refractivity contribution in [1.82, 2.24) is 0 Å². The third kappa shape index (κ3) is 4.70. The molecule has 126 valence electrons. The average molecular weight is 351 g/mol. The van der Waals surface area contributed by atoms with Crippen LogP contribution in [0, 0.1) is 5.82 Å². The molecule has 0 radical (unpaired) electrons. The van der Waals surface area contributed by atoms with Gasteiger partial charge < -0.3 is 15.0 Å². The van der Waals surface area contributed by atoms with E-state index in [1.807, 2.05) is 31.1 Å². The highest BCUT2D eigenvalue weighted by Gasteiger charge is 2.12. The summed E-state index contributed by atoms with van der Waals surface area (Å²) < 4.78 is 17.9. The molecule has 0 aliphatic heterocycles. The molecule has 1 N–H and O–H groups in total. The normalized spacial score (nSPS) is 10.2. The van der Waals surface area contributed by atoms with E-state index in [4.69, 9.17) is 16.3 Å². The van der Waals surface area contributed by atoms with E-state index < -0.39 is 24.3 Å². The lowest BCUT2D eigenvalue weighted by atomic mass is 10.2. The lowest BCUT2D eigenvalue weighted by molar-refractivity contribution is -0.119. The molecule has 2 rings (SSSR count). The summed E-state index contributed by atoms with van der Waals surface area (Å²) in [6.45, 7) is -0.455. The van der Waals surface area contributed by atoms with Crippen LogP contribution in [-0.4, -0.2) is 32.6 Å². The van der Waals surface area contributed by atoms with Crippen molar-refractivity contribution in [2.75, 3.05) is 30.9 Å². The Balaban J connectivity index is 1.88. The Kier molecular flexibility index (Phi) is 5.76. The molecule has 0 atom stereocenters. The minimum Gasteiger partial charge on any atom is -0.452 e. The summed E-state index contributed by atoms with van der Waals surface area (Å²) in [5, 5.41) is 2.43. The summed E-state index contributed by atoms with van der Waals surface area (Å²) in [5.41, 5.74) is 1.66. The van der Waals surface area contributed by atoms with E-state index in [1.54, 1.807) is 12.1 Å². The molecule has 24 heavy (non-hydrogen) atoms. The summed E-state index contributed by atoms with van der Waals surface area (Å²) >= 11 is 5.60. The number of nitrogens with zero attached hydrogens (tertiary/aromatic N) is 1. The van der Waals surface area contributed by atoms with Crippen LogP contribution in [0.2, 0.25) is 5.02 Å². The van der Waals surface area contributed by atoms with Gasteiger partial charge in [0.25, 0.3) is 5.91 Å². The molecule has 0 aliphatic rings. The third-order valence-electron chi connectivity index (χ3n) is 3.16. The number of rotatable bonds is 5. The summed E-state index contributed by atoms with van der Waals surface area (Å²) in [6, 6.07) is 10.6. The fourth-order valence-corrected chi connectivity index (χ4v) is 2.06. The van der Waals surface area contributed by atoms with Gasteiger partial charge in [-0.3, -0.25) is 4.79 Å². The topological polar surface area (TPSA) is 58.6 Å². The summed E-state index contributed by atoms with van der Waals surface area (Å²) in [5.74, 6) is -1.86. The molecule has 0 spiro atoms. The number of carbonyl (C=O) groups is 2. The van der Waals surface area contributed by atoms with Crippen LogP contribution >= 0.6 is 11.6 Å². The number of nitrogens with one attached hydrogen (secondary N) is 1. The Morgan fingerprint density at radius 3 is 2.42 bits per heavy atom. The zero-order valence-electron chi connectivity index (χ0n) is 13.2. The standard InChI is InChI=1S/C17H16ClFN2O3/c1-21(2)13-6-4-12(5-7-13)20-16(22)10-24-17(23)11-3-8-15(19)14(18)9-11/h3-9H,10H2,1-2H3,(H,20,22). The van der Waals surface area contributed by atoms with Crippen LogP contribution in [0.25, 0.3) is 0 Å². The lowest BCUT2D eigenvalue weighted by Gasteiger charge is -2.13. The first kappa shape index (κ1) is 17.7. The number of hydrogen-bond acceptors (Lipinski definition) is 4. The van der Waals surface area contributed by atoms with E-state index in [1.165, 1.54) is 6.07 Å². The Labute approximate surface area is 144 Å². The molecule has 0 saturated heterocycles. The van der Waals surface area contributed by atoms with E-state index in [0.717, 1.165) is 17.8 Å². The van der Waals surface area contributed by atoms with Crippen molar-refractivity contribution in [3.63, 3.8) is 0 Å². The molecule has 5 nitrogen and oxygen atoms in total. The number of anilines is 2. The van der Waals surface area contributed by atoms with E-state index in [9.17, 15) is 14.0 Å². The second-order valence-electron chi connectivity index (χ2n) is 5.19. The lowest BCUT2D eigenvalue weighted by Crippen LogP contribution is -2.21. The van der Waals surface area contributed by atoms with E-state index >= 15 is 0 Å². The van der Waals surface area contributed by atoms with Gasteiger partial charge in [0.1, 0.15) is 5.82 Å². The molecule has 7 heteroatoms. The van der Waals surface area contributed by atoms with E-state index in [2.05, 4.69) is 5.32 Å². The molecule has 0 bridgehead atoms. The van der Waals surface area contributed by atoms with Gasteiger partial charge >= 0.3 is 5.97 Å². The van der Waals surface area contributed by atoms with Crippen LogP contribution in [-0.2, 0) is 9.53 Å². The van der Waals surface area contributed by atoms with Gasteiger partial charge in [0, 0.05) is 25.5 Å². The number of halogens is 2. The second kappa shape index (κ2) is 7.79. The molecule has 2 aromatic carbocycles. The van der Waals surface area contributed by atoms with Gasteiger partial charge in [0.15, 0.2) is 6.61 Å². The number of amides is 1. The minimum absolute atomic E-state index is 0.0736. The molecule has 1 amide bonds. The Morgan fingerprint density at radius 1 is 1.17 bits per heavy atom. The molecule has 0 heterocycles. The zero-order chi connectivity index (χ0) is 17.7. The monoisotopic (exact) mass is 350 g/mol. The largest absolute Gasteiger partial charge is 0.452 e. The number of esters is 1. The van der Waals surface area contributed by atoms with Crippen LogP contribution in [0.15, 0.2) is 42.5 Å². The van der Waals surface area contributed by atoms with Crippen LogP contribution in [0.1, 0.15) is 10.4 Å². The van der Waals surface area contributed by atoms with E-state index in [0.29, 0.717) is 5.69 Å². The quantitative estimate of drug-likeness (QED) is 0.840. The van der Waals surface area contributed by atoms with Gasteiger partial charge in [0.05, 0.1) is 10.6 Å². The average Bonchev–Trinajstić information content (AvgIpc) is 2.55. The van der Waals surface area contributed by atoms with Crippen LogP contribution < -0.4 is 10.2 Å². The first-order valence-electron chi connectivity index (χ1n) is 7.06. The van der Waals surface area contributed by atoms with Crippen molar-refractivity contribution in [2.45, 2.75) is 0 Å².